The maximum absolute atomic E-state index is 11.3. The van der Waals surface area contributed by atoms with E-state index >= 15 is 0 Å². The highest BCUT2D eigenvalue weighted by atomic mass is 32.2. The highest BCUT2D eigenvalue weighted by Gasteiger charge is 2.15. The topological polar surface area (TPSA) is 113 Å². The van der Waals surface area contributed by atoms with Crippen LogP contribution in [0.1, 0.15) is 12.8 Å². The fourth-order valence-electron chi connectivity index (χ4n) is 0.940. The number of carboxylic acid groups (broad SMARTS) is 1. The molecular formula is C8H17NO6S. The van der Waals surface area contributed by atoms with Gasteiger partial charge >= 0.3 is 5.97 Å². The number of rotatable bonds is 9. The summed E-state index contributed by atoms with van der Waals surface area (Å²) in [6.45, 7) is 0.251. The van der Waals surface area contributed by atoms with Crippen molar-refractivity contribution in [3.8, 4) is 0 Å². The normalized spacial score (nSPS) is 13.6. The Kier molecular flexibility index (Phi) is 7.22. The van der Waals surface area contributed by atoms with Crippen LogP contribution in [0.15, 0.2) is 0 Å². The van der Waals surface area contributed by atoms with Crippen molar-refractivity contribution in [3.63, 3.8) is 0 Å². The molecule has 0 aliphatic rings. The van der Waals surface area contributed by atoms with Gasteiger partial charge in [0.25, 0.3) is 0 Å². The van der Waals surface area contributed by atoms with Gasteiger partial charge in [0.2, 0.25) is 10.0 Å². The van der Waals surface area contributed by atoms with Crippen molar-refractivity contribution in [1.29, 1.82) is 0 Å². The maximum Gasteiger partial charge on any atom is 0.332 e. The van der Waals surface area contributed by atoms with E-state index in [4.69, 9.17) is 14.9 Å². The van der Waals surface area contributed by atoms with Crippen LogP contribution < -0.4 is 4.72 Å². The molecular weight excluding hydrogens is 238 g/mol. The summed E-state index contributed by atoms with van der Waals surface area (Å²) >= 11 is 0. The Bertz CT molecular complexity index is 302. The lowest BCUT2D eigenvalue weighted by atomic mass is 10.3. The highest BCUT2D eigenvalue weighted by molar-refractivity contribution is 7.89. The van der Waals surface area contributed by atoms with Gasteiger partial charge in [0.15, 0.2) is 6.10 Å². The van der Waals surface area contributed by atoms with E-state index in [1.807, 2.05) is 0 Å². The molecule has 16 heavy (non-hydrogen) atoms. The third-order valence-electron chi connectivity index (χ3n) is 1.79. The summed E-state index contributed by atoms with van der Waals surface area (Å²) < 4.78 is 29.4. The third-order valence-corrected chi connectivity index (χ3v) is 3.26. The second-order valence-corrected chi connectivity index (χ2v) is 5.13. The predicted octanol–water partition coefficient (Wildman–Crippen LogP) is -1.22. The van der Waals surface area contributed by atoms with Gasteiger partial charge < -0.3 is 14.9 Å². The minimum absolute atomic E-state index is 0.0794. The molecule has 0 aromatic heterocycles. The second-order valence-electron chi connectivity index (χ2n) is 3.20. The van der Waals surface area contributed by atoms with Crippen LogP contribution in [-0.2, 0) is 19.6 Å². The van der Waals surface area contributed by atoms with Gasteiger partial charge in [-0.25, -0.2) is 17.9 Å². The quantitative estimate of drug-likeness (QED) is 0.445. The number of carbonyl (C=O) groups is 1. The van der Waals surface area contributed by atoms with Crippen LogP contribution in [0.4, 0.5) is 0 Å². The number of hydrogen-bond acceptors (Lipinski definition) is 5. The predicted molar refractivity (Wildman–Crippen MR) is 56.5 cm³/mol. The molecule has 0 fully saturated rings. The van der Waals surface area contributed by atoms with E-state index in [9.17, 15) is 13.2 Å². The maximum atomic E-state index is 11.3. The standard InChI is InChI=1S/C8H17NO6S/c1-15-5-2-6-16(13,14)9-4-3-7(10)8(11)12/h7,9-10H,2-6H2,1H3,(H,11,12)/t7-/m0/s1. The number of carboxylic acids is 1. The first-order chi connectivity index (χ1) is 7.39. The van der Waals surface area contributed by atoms with Crippen LogP contribution in [0.2, 0.25) is 0 Å². The molecule has 96 valence electrons. The molecule has 0 saturated carbocycles. The van der Waals surface area contributed by atoms with Crippen LogP contribution >= 0.6 is 0 Å². The average molecular weight is 255 g/mol. The number of sulfonamides is 1. The van der Waals surface area contributed by atoms with E-state index in [1.165, 1.54) is 7.11 Å². The van der Waals surface area contributed by atoms with Crippen LogP contribution in [-0.4, -0.2) is 56.7 Å². The minimum atomic E-state index is -3.41. The number of aliphatic hydroxyl groups excluding tert-OH is 1. The van der Waals surface area contributed by atoms with Crippen molar-refractivity contribution in [2.45, 2.75) is 18.9 Å². The van der Waals surface area contributed by atoms with Crippen LogP contribution in [0.5, 0.6) is 0 Å². The molecule has 1 atom stereocenters. The van der Waals surface area contributed by atoms with Crippen LogP contribution in [0.3, 0.4) is 0 Å². The zero-order chi connectivity index (χ0) is 12.6. The lowest BCUT2D eigenvalue weighted by Gasteiger charge is -2.07. The fraction of sp³-hybridized carbons (Fsp3) is 0.875. The molecule has 0 aliphatic heterocycles. The molecule has 0 bridgehead atoms. The molecule has 0 unspecified atom stereocenters. The van der Waals surface area contributed by atoms with Crippen molar-refractivity contribution < 1.29 is 28.2 Å². The van der Waals surface area contributed by atoms with Gasteiger partial charge in [-0.15, -0.1) is 0 Å². The molecule has 8 heteroatoms. The smallest absolute Gasteiger partial charge is 0.332 e. The Morgan fingerprint density at radius 3 is 2.62 bits per heavy atom. The Labute approximate surface area is 94.5 Å². The number of ether oxygens (including phenoxy) is 1. The highest BCUT2D eigenvalue weighted by Crippen LogP contribution is 1.94. The molecule has 3 N–H and O–H groups in total. The summed E-state index contributed by atoms with van der Waals surface area (Å²) in [6, 6.07) is 0. The van der Waals surface area contributed by atoms with Gasteiger partial charge in [0, 0.05) is 20.3 Å². The van der Waals surface area contributed by atoms with Gasteiger partial charge in [-0.2, -0.15) is 0 Å². The van der Waals surface area contributed by atoms with Gasteiger partial charge in [-0.05, 0) is 12.8 Å². The molecule has 0 amide bonds. The lowest BCUT2D eigenvalue weighted by Crippen LogP contribution is -2.31. The Morgan fingerprint density at radius 2 is 2.12 bits per heavy atom. The van der Waals surface area contributed by atoms with Gasteiger partial charge in [-0.1, -0.05) is 0 Å². The molecule has 0 aromatic rings. The zero-order valence-electron chi connectivity index (χ0n) is 9.05. The van der Waals surface area contributed by atoms with E-state index < -0.39 is 22.1 Å². The van der Waals surface area contributed by atoms with Crippen LogP contribution in [0, 0.1) is 0 Å². The third kappa shape index (κ3) is 7.57. The van der Waals surface area contributed by atoms with Crippen LogP contribution in [0.25, 0.3) is 0 Å². The van der Waals surface area contributed by atoms with Crippen molar-refractivity contribution in [2.24, 2.45) is 0 Å². The Hall–Kier alpha value is -0.700. The number of aliphatic carboxylic acids is 1. The molecule has 0 radical (unpaired) electrons. The number of hydrogen-bond donors (Lipinski definition) is 3. The summed E-state index contributed by atoms with van der Waals surface area (Å²) in [4.78, 5) is 10.2. The molecule has 0 rings (SSSR count). The molecule has 0 aromatic carbocycles. The van der Waals surface area contributed by atoms with Crippen molar-refractivity contribution >= 4 is 16.0 Å². The van der Waals surface area contributed by atoms with E-state index in [2.05, 4.69) is 4.72 Å². The van der Waals surface area contributed by atoms with E-state index in [0.717, 1.165) is 0 Å². The summed E-state index contributed by atoms with van der Waals surface area (Å²) in [7, 11) is -1.93. The van der Waals surface area contributed by atoms with Gasteiger partial charge in [0.05, 0.1) is 5.75 Å². The lowest BCUT2D eigenvalue weighted by molar-refractivity contribution is -0.146. The monoisotopic (exact) mass is 255 g/mol. The average Bonchev–Trinajstić information content (AvgIpc) is 2.17. The zero-order valence-corrected chi connectivity index (χ0v) is 9.87. The van der Waals surface area contributed by atoms with Gasteiger partial charge in [0.1, 0.15) is 0 Å². The number of aliphatic hydroxyl groups is 1. The minimum Gasteiger partial charge on any atom is -0.479 e. The first kappa shape index (κ1) is 15.3. The SMILES string of the molecule is COCCCS(=O)(=O)NCC[C@H](O)C(=O)O. The Balaban J connectivity index is 3.78. The number of methoxy groups -OCH3 is 1. The molecule has 0 saturated heterocycles. The molecule has 0 aliphatic carbocycles. The van der Waals surface area contributed by atoms with E-state index in [1.54, 1.807) is 0 Å². The number of nitrogens with one attached hydrogen (secondary N) is 1. The molecule has 0 heterocycles. The van der Waals surface area contributed by atoms with E-state index in [0.29, 0.717) is 13.0 Å². The second kappa shape index (κ2) is 7.55. The summed E-state index contributed by atoms with van der Waals surface area (Å²) in [5, 5.41) is 17.2. The fourth-order valence-corrected chi connectivity index (χ4v) is 2.01. The molecule has 7 nitrogen and oxygen atoms in total. The largest absolute Gasteiger partial charge is 0.479 e. The van der Waals surface area contributed by atoms with Gasteiger partial charge in [-0.3, -0.25) is 0 Å². The van der Waals surface area contributed by atoms with Crippen molar-refractivity contribution in [3.05, 3.63) is 0 Å². The molecule has 0 spiro atoms. The summed E-state index contributed by atoms with van der Waals surface area (Å²) in [5.41, 5.74) is 0. The summed E-state index contributed by atoms with van der Waals surface area (Å²) in [6.07, 6.45) is -1.33. The summed E-state index contributed by atoms with van der Waals surface area (Å²) in [5.74, 6) is -1.44. The first-order valence-corrected chi connectivity index (χ1v) is 6.41. The van der Waals surface area contributed by atoms with Crippen molar-refractivity contribution in [2.75, 3.05) is 26.0 Å². The van der Waals surface area contributed by atoms with E-state index in [-0.39, 0.29) is 18.7 Å². The van der Waals surface area contributed by atoms with Crippen molar-refractivity contribution in [1.82, 2.24) is 4.72 Å². The first-order valence-electron chi connectivity index (χ1n) is 4.76. The Morgan fingerprint density at radius 1 is 1.50 bits per heavy atom.